The van der Waals surface area contributed by atoms with Crippen LogP contribution >= 0.6 is 0 Å². The summed E-state index contributed by atoms with van der Waals surface area (Å²) < 4.78 is 5.92. The lowest BCUT2D eigenvalue weighted by Gasteiger charge is -2.09. The smallest absolute Gasteiger partial charge is 0.166 e. The molecule has 0 saturated carbocycles. The molecule has 28 heavy (non-hydrogen) atoms. The second kappa shape index (κ2) is 9.25. The van der Waals surface area contributed by atoms with E-state index in [0.29, 0.717) is 6.61 Å². The first kappa shape index (κ1) is 18.3. The van der Waals surface area contributed by atoms with Gasteiger partial charge in [0.25, 0.3) is 0 Å². The van der Waals surface area contributed by atoms with E-state index >= 15 is 0 Å². The Kier molecular flexibility index (Phi) is 6.05. The van der Waals surface area contributed by atoms with E-state index in [1.165, 1.54) is 14.7 Å². The van der Waals surface area contributed by atoms with Gasteiger partial charge in [0.05, 0.1) is 17.5 Å². The van der Waals surface area contributed by atoms with Crippen LogP contribution in [-0.2, 0) is 17.3 Å². The summed E-state index contributed by atoms with van der Waals surface area (Å²) in [6.45, 7) is 0.624. The van der Waals surface area contributed by atoms with Gasteiger partial charge in [-0.05, 0) is 60.7 Å². The molecule has 0 atom stereocenters. The number of pyridine rings is 1. The molecule has 2 nitrogen and oxygen atoms in total. The maximum Gasteiger partial charge on any atom is 0.166 e. The molecule has 0 bridgehead atoms. The SMILES string of the molecule is c1ccc([S+](c2ccccc2)c2ccc(OCCc3ccccn3)cc2)cc1. The minimum atomic E-state index is -0.124. The van der Waals surface area contributed by atoms with Crippen LogP contribution in [-0.4, -0.2) is 11.6 Å². The lowest BCUT2D eigenvalue weighted by molar-refractivity contribution is 0.320. The van der Waals surface area contributed by atoms with Crippen LogP contribution in [0.2, 0.25) is 0 Å². The number of ether oxygens (including phenoxy) is 1. The van der Waals surface area contributed by atoms with Crippen LogP contribution in [0, 0.1) is 0 Å². The largest absolute Gasteiger partial charge is 0.493 e. The highest BCUT2D eigenvalue weighted by atomic mass is 32.2. The van der Waals surface area contributed by atoms with Crippen molar-refractivity contribution in [1.29, 1.82) is 0 Å². The fourth-order valence-electron chi connectivity index (χ4n) is 3.01. The first-order valence-electron chi connectivity index (χ1n) is 9.37. The first-order valence-corrected chi connectivity index (χ1v) is 10.6. The molecule has 0 amide bonds. The van der Waals surface area contributed by atoms with Gasteiger partial charge in [0, 0.05) is 18.3 Å². The molecule has 138 valence electrons. The van der Waals surface area contributed by atoms with Crippen molar-refractivity contribution in [3.8, 4) is 5.75 Å². The highest BCUT2D eigenvalue weighted by Crippen LogP contribution is 2.31. The van der Waals surface area contributed by atoms with Gasteiger partial charge in [0.2, 0.25) is 0 Å². The van der Waals surface area contributed by atoms with E-state index in [1.807, 2.05) is 24.4 Å². The van der Waals surface area contributed by atoms with Crippen molar-refractivity contribution in [1.82, 2.24) is 4.98 Å². The van der Waals surface area contributed by atoms with Crippen molar-refractivity contribution in [2.24, 2.45) is 0 Å². The highest BCUT2D eigenvalue weighted by Gasteiger charge is 2.28. The standard InChI is InChI=1S/C25H22NOS/c1-3-10-23(11-4-1)28(24-12-5-2-6-13-24)25-16-14-22(15-17-25)27-20-18-21-9-7-8-19-26-21/h1-17,19H,18,20H2/q+1. The zero-order chi connectivity index (χ0) is 19.0. The third kappa shape index (κ3) is 4.62. The molecule has 3 heteroatoms. The third-order valence-electron chi connectivity index (χ3n) is 4.37. The minimum Gasteiger partial charge on any atom is -0.493 e. The van der Waals surface area contributed by atoms with Gasteiger partial charge in [0.15, 0.2) is 14.7 Å². The summed E-state index contributed by atoms with van der Waals surface area (Å²) in [6.07, 6.45) is 2.62. The lowest BCUT2D eigenvalue weighted by Crippen LogP contribution is -2.05. The molecule has 0 aliphatic heterocycles. The maximum absolute atomic E-state index is 5.92. The Morgan fingerprint density at radius 2 is 1.18 bits per heavy atom. The molecule has 0 fully saturated rings. The molecular formula is C25H22NOS+. The molecule has 0 saturated heterocycles. The molecule has 3 aromatic carbocycles. The van der Waals surface area contributed by atoms with Gasteiger partial charge in [-0.3, -0.25) is 4.98 Å². The van der Waals surface area contributed by atoms with E-state index < -0.39 is 0 Å². The van der Waals surface area contributed by atoms with Crippen LogP contribution in [0.5, 0.6) is 5.75 Å². The van der Waals surface area contributed by atoms with Crippen LogP contribution < -0.4 is 4.74 Å². The van der Waals surface area contributed by atoms with Crippen molar-refractivity contribution in [3.63, 3.8) is 0 Å². The number of benzene rings is 3. The molecule has 4 aromatic rings. The molecular weight excluding hydrogens is 362 g/mol. The van der Waals surface area contributed by atoms with E-state index in [1.54, 1.807) is 0 Å². The summed E-state index contributed by atoms with van der Waals surface area (Å²) in [7, 11) is -0.124. The fourth-order valence-corrected chi connectivity index (χ4v) is 5.10. The topological polar surface area (TPSA) is 22.1 Å². The second-order valence-corrected chi connectivity index (χ2v) is 8.35. The molecule has 1 aromatic heterocycles. The Morgan fingerprint density at radius 1 is 0.607 bits per heavy atom. The average Bonchev–Trinajstić information content (AvgIpc) is 2.77. The Morgan fingerprint density at radius 3 is 1.75 bits per heavy atom. The van der Waals surface area contributed by atoms with Gasteiger partial charge in [0.1, 0.15) is 5.75 Å². The normalized spacial score (nSPS) is 10.8. The summed E-state index contributed by atoms with van der Waals surface area (Å²) in [4.78, 5) is 8.26. The molecule has 0 spiro atoms. The van der Waals surface area contributed by atoms with Crippen molar-refractivity contribution in [3.05, 3.63) is 115 Å². The van der Waals surface area contributed by atoms with Crippen LogP contribution in [0.25, 0.3) is 0 Å². The summed E-state index contributed by atoms with van der Waals surface area (Å²) in [5.74, 6) is 0.893. The zero-order valence-electron chi connectivity index (χ0n) is 15.6. The molecule has 0 N–H and O–H groups in total. The van der Waals surface area contributed by atoms with E-state index in [9.17, 15) is 0 Å². The van der Waals surface area contributed by atoms with Crippen molar-refractivity contribution < 1.29 is 4.74 Å². The van der Waals surface area contributed by atoms with Crippen LogP contribution in [0.3, 0.4) is 0 Å². The van der Waals surface area contributed by atoms with Gasteiger partial charge >= 0.3 is 0 Å². The Labute approximate surface area is 169 Å². The van der Waals surface area contributed by atoms with E-state index in [-0.39, 0.29) is 10.9 Å². The van der Waals surface area contributed by atoms with Crippen LogP contribution in [0.15, 0.2) is 124 Å². The Hall–Kier alpha value is -3.04. The third-order valence-corrected chi connectivity index (χ3v) is 6.60. The summed E-state index contributed by atoms with van der Waals surface area (Å²) >= 11 is 0. The van der Waals surface area contributed by atoms with Crippen LogP contribution in [0.4, 0.5) is 0 Å². The van der Waals surface area contributed by atoms with Crippen LogP contribution in [0.1, 0.15) is 5.69 Å². The van der Waals surface area contributed by atoms with Gasteiger partial charge in [-0.15, -0.1) is 0 Å². The van der Waals surface area contributed by atoms with Crippen molar-refractivity contribution >= 4 is 10.9 Å². The molecule has 1 heterocycles. The maximum atomic E-state index is 5.92. The number of aromatic nitrogens is 1. The van der Waals surface area contributed by atoms with Gasteiger partial charge in [-0.2, -0.15) is 0 Å². The Balaban J connectivity index is 1.50. The predicted octanol–water partition coefficient (Wildman–Crippen LogP) is 5.80. The molecule has 0 aliphatic carbocycles. The van der Waals surface area contributed by atoms with E-state index in [0.717, 1.165) is 17.9 Å². The minimum absolute atomic E-state index is 0.124. The number of nitrogens with zero attached hydrogens (tertiary/aromatic N) is 1. The summed E-state index contributed by atoms with van der Waals surface area (Å²) in [6, 6.07) is 35.8. The van der Waals surface area contributed by atoms with Crippen molar-refractivity contribution in [2.45, 2.75) is 21.1 Å². The summed E-state index contributed by atoms with van der Waals surface area (Å²) in [5, 5.41) is 0. The highest BCUT2D eigenvalue weighted by molar-refractivity contribution is 7.97. The van der Waals surface area contributed by atoms with Gasteiger partial charge in [-0.1, -0.05) is 42.5 Å². The fraction of sp³-hybridized carbons (Fsp3) is 0.0800. The van der Waals surface area contributed by atoms with Crippen molar-refractivity contribution in [2.75, 3.05) is 6.61 Å². The number of rotatable bonds is 7. The average molecular weight is 385 g/mol. The van der Waals surface area contributed by atoms with Gasteiger partial charge < -0.3 is 4.74 Å². The predicted molar refractivity (Wildman–Crippen MR) is 115 cm³/mol. The van der Waals surface area contributed by atoms with E-state index in [4.69, 9.17) is 4.74 Å². The quantitative estimate of drug-likeness (QED) is 0.376. The molecule has 0 aliphatic rings. The molecule has 0 unspecified atom stereocenters. The number of hydrogen-bond donors (Lipinski definition) is 0. The van der Waals surface area contributed by atoms with Gasteiger partial charge in [-0.25, -0.2) is 0 Å². The Bertz CT molecular complexity index is 934. The monoisotopic (exact) mass is 384 g/mol. The molecule has 4 rings (SSSR count). The zero-order valence-corrected chi connectivity index (χ0v) is 16.4. The second-order valence-electron chi connectivity index (χ2n) is 6.32. The lowest BCUT2D eigenvalue weighted by atomic mass is 10.3. The summed E-state index contributed by atoms with van der Waals surface area (Å²) in [5.41, 5.74) is 1.05. The van der Waals surface area contributed by atoms with E-state index in [2.05, 4.69) is 89.9 Å². The molecule has 0 radical (unpaired) electrons. The first-order chi connectivity index (χ1) is 13.9. The number of hydrogen-bond acceptors (Lipinski definition) is 2.